The molecule has 2 rings (SSSR count). The second kappa shape index (κ2) is 9.78. The number of nitrogens with two attached hydrogens (primary N) is 1. The highest BCUT2D eigenvalue weighted by Crippen LogP contribution is 2.32. The lowest BCUT2D eigenvalue weighted by atomic mass is 9.74. The number of nitrogens with zero attached hydrogens (tertiary/aromatic N) is 1. The van der Waals surface area contributed by atoms with E-state index in [2.05, 4.69) is 5.32 Å². The highest BCUT2D eigenvalue weighted by atomic mass is 35.5. The molecule has 0 aromatic heterocycles. The first-order valence-electron chi connectivity index (χ1n) is 8.89. The highest BCUT2D eigenvalue weighted by Gasteiger charge is 2.39. The second-order valence-corrected chi connectivity index (χ2v) is 6.94. The molecular formula is C19H30ClN3O3. The van der Waals surface area contributed by atoms with Crippen molar-refractivity contribution in [2.24, 2.45) is 11.7 Å². The van der Waals surface area contributed by atoms with E-state index in [4.69, 9.17) is 10.5 Å². The van der Waals surface area contributed by atoms with Gasteiger partial charge >= 0.3 is 0 Å². The fourth-order valence-electron chi connectivity index (χ4n) is 3.40. The van der Waals surface area contributed by atoms with E-state index in [9.17, 15) is 9.59 Å². The maximum Gasteiger partial charge on any atom is 0.243 e. The number of halogens is 1. The number of carbonyl (C=O) groups excluding carboxylic acids is 2. The van der Waals surface area contributed by atoms with Crippen LogP contribution in [0.1, 0.15) is 39.5 Å². The van der Waals surface area contributed by atoms with Gasteiger partial charge in [0.15, 0.2) is 0 Å². The standard InChI is InChI=1S/C19H29N3O3.ClH/c1-4-22(18(24)16-10-5-6-11-19(16,2)20)13-17(23)21-14-8-7-9-15(12-14)25-3;/h7-9,12,16H,4-6,10-11,13,20H2,1-3H3,(H,21,23);1H. The summed E-state index contributed by atoms with van der Waals surface area (Å²) in [5, 5.41) is 2.82. The molecule has 1 saturated carbocycles. The van der Waals surface area contributed by atoms with Gasteiger partial charge in [0.25, 0.3) is 0 Å². The van der Waals surface area contributed by atoms with Gasteiger partial charge in [-0.3, -0.25) is 9.59 Å². The largest absolute Gasteiger partial charge is 0.497 e. The summed E-state index contributed by atoms with van der Waals surface area (Å²) in [6.07, 6.45) is 3.70. The number of amides is 2. The van der Waals surface area contributed by atoms with Crippen molar-refractivity contribution >= 4 is 29.9 Å². The third-order valence-corrected chi connectivity index (χ3v) is 4.93. The molecule has 0 bridgehead atoms. The van der Waals surface area contributed by atoms with Crippen molar-refractivity contribution in [3.05, 3.63) is 24.3 Å². The Kier molecular flexibility index (Phi) is 8.37. The number of likely N-dealkylation sites (N-methyl/N-ethyl adjacent to an activating group) is 1. The minimum absolute atomic E-state index is 0. The lowest BCUT2D eigenvalue weighted by molar-refractivity contribution is -0.141. The summed E-state index contributed by atoms with van der Waals surface area (Å²) in [7, 11) is 1.58. The van der Waals surface area contributed by atoms with Crippen molar-refractivity contribution in [2.45, 2.75) is 45.1 Å². The van der Waals surface area contributed by atoms with Crippen LogP contribution in [0.5, 0.6) is 5.75 Å². The zero-order valence-corrected chi connectivity index (χ0v) is 16.6. The summed E-state index contributed by atoms with van der Waals surface area (Å²) in [4.78, 5) is 26.8. The lowest BCUT2D eigenvalue weighted by Crippen LogP contribution is -2.54. The number of nitrogens with one attached hydrogen (secondary N) is 1. The third-order valence-electron chi connectivity index (χ3n) is 4.93. The van der Waals surface area contributed by atoms with Crippen LogP contribution in [0.25, 0.3) is 0 Å². The summed E-state index contributed by atoms with van der Waals surface area (Å²) in [5.41, 5.74) is 6.49. The minimum Gasteiger partial charge on any atom is -0.497 e. The summed E-state index contributed by atoms with van der Waals surface area (Å²) in [5.74, 6) is 0.208. The highest BCUT2D eigenvalue weighted by molar-refractivity contribution is 5.95. The molecule has 1 aromatic carbocycles. The second-order valence-electron chi connectivity index (χ2n) is 6.94. The Morgan fingerprint density at radius 2 is 2.12 bits per heavy atom. The number of benzene rings is 1. The predicted molar refractivity (Wildman–Crippen MR) is 106 cm³/mol. The van der Waals surface area contributed by atoms with Crippen LogP contribution in [0, 0.1) is 5.92 Å². The molecule has 2 atom stereocenters. The van der Waals surface area contributed by atoms with Crippen LogP contribution in [0.3, 0.4) is 0 Å². The quantitative estimate of drug-likeness (QED) is 0.791. The van der Waals surface area contributed by atoms with Crippen LogP contribution in [-0.2, 0) is 9.59 Å². The fraction of sp³-hybridized carbons (Fsp3) is 0.579. The zero-order valence-electron chi connectivity index (χ0n) is 15.8. The van der Waals surface area contributed by atoms with Gasteiger partial charge in [0.1, 0.15) is 5.75 Å². The van der Waals surface area contributed by atoms with E-state index in [-0.39, 0.29) is 36.7 Å². The van der Waals surface area contributed by atoms with Crippen LogP contribution in [0.15, 0.2) is 24.3 Å². The average Bonchev–Trinajstić information content (AvgIpc) is 2.59. The molecule has 1 aromatic rings. The monoisotopic (exact) mass is 383 g/mol. The zero-order chi connectivity index (χ0) is 18.4. The van der Waals surface area contributed by atoms with Crippen LogP contribution in [-0.4, -0.2) is 42.5 Å². The molecule has 2 unspecified atom stereocenters. The molecule has 146 valence electrons. The number of rotatable bonds is 6. The SMILES string of the molecule is CCN(CC(=O)Nc1cccc(OC)c1)C(=O)C1CCCCC1(C)N.Cl. The minimum atomic E-state index is -0.494. The van der Waals surface area contributed by atoms with Gasteiger partial charge in [-0.1, -0.05) is 18.9 Å². The predicted octanol–water partition coefficient (Wildman–Crippen LogP) is 2.81. The van der Waals surface area contributed by atoms with Gasteiger partial charge in [-0.2, -0.15) is 0 Å². The summed E-state index contributed by atoms with van der Waals surface area (Å²) < 4.78 is 5.15. The summed E-state index contributed by atoms with van der Waals surface area (Å²) >= 11 is 0. The molecule has 1 aliphatic carbocycles. The Bertz CT molecular complexity index is 622. The van der Waals surface area contributed by atoms with Gasteiger partial charge < -0.3 is 20.7 Å². The maximum atomic E-state index is 12.9. The summed E-state index contributed by atoms with van der Waals surface area (Å²) in [6, 6.07) is 7.15. The van der Waals surface area contributed by atoms with Gasteiger partial charge in [0.2, 0.25) is 11.8 Å². The molecule has 0 spiro atoms. The number of anilines is 1. The molecule has 0 saturated heterocycles. The molecule has 0 aliphatic heterocycles. The van der Waals surface area contributed by atoms with Crippen LogP contribution in [0.2, 0.25) is 0 Å². The molecule has 1 aliphatic rings. The van der Waals surface area contributed by atoms with E-state index in [0.717, 1.165) is 25.7 Å². The van der Waals surface area contributed by atoms with Gasteiger partial charge in [0.05, 0.1) is 19.6 Å². The molecule has 6 nitrogen and oxygen atoms in total. The third kappa shape index (κ3) is 5.61. The Morgan fingerprint density at radius 1 is 1.38 bits per heavy atom. The molecular weight excluding hydrogens is 354 g/mol. The van der Waals surface area contributed by atoms with Crippen molar-refractivity contribution in [1.29, 1.82) is 0 Å². The first-order chi connectivity index (χ1) is 11.9. The van der Waals surface area contributed by atoms with Crippen molar-refractivity contribution < 1.29 is 14.3 Å². The molecule has 0 radical (unpaired) electrons. The first kappa shape index (κ1) is 22.3. The average molecular weight is 384 g/mol. The number of ether oxygens (including phenoxy) is 1. The number of carbonyl (C=O) groups is 2. The lowest BCUT2D eigenvalue weighted by Gasteiger charge is -2.39. The molecule has 7 heteroatoms. The van der Waals surface area contributed by atoms with E-state index in [1.807, 2.05) is 19.9 Å². The Hall–Kier alpha value is -1.79. The Morgan fingerprint density at radius 3 is 2.73 bits per heavy atom. The van der Waals surface area contributed by atoms with Gasteiger partial charge in [0, 0.05) is 23.8 Å². The van der Waals surface area contributed by atoms with Crippen molar-refractivity contribution in [2.75, 3.05) is 25.5 Å². The maximum absolute atomic E-state index is 12.9. The van der Waals surface area contributed by atoms with Crippen molar-refractivity contribution in [3.8, 4) is 5.75 Å². The number of methoxy groups -OCH3 is 1. The molecule has 2 amide bonds. The molecule has 1 fully saturated rings. The first-order valence-corrected chi connectivity index (χ1v) is 8.89. The number of hydrogen-bond acceptors (Lipinski definition) is 4. The van der Waals surface area contributed by atoms with E-state index >= 15 is 0 Å². The fourth-order valence-corrected chi connectivity index (χ4v) is 3.40. The van der Waals surface area contributed by atoms with Crippen molar-refractivity contribution in [1.82, 2.24) is 4.90 Å². The van der Waals surface area contributed by atoms with Crippen molar-refractivity contribution in [3.63, 3.8) is 0 Å². The van der Waals surface area contributed by atoms with E-state index < -0.39 is 5.54 Å². The smallest absolute Gasteiger partial charge is 0.243 e. The van der Waals surface area contributed by atoms with E-state index in [1.54, 1.807) is 30.2 Å². The summed E-state index contributed by atoms with van der Waals surface area (Å²) in [6.45, 7) is 4.34. The van der Waals surface area contributed by atoms with E-state index in [1.165, 1.54) is 0 Å². The Balaban J connectivity index is 0.00000338. The van der Waals surface area contributed by atoms with Gasteiger partial charge in [-0.05, 0) is 38.8 Å². The van der Waals surface area contributed by atoms with Gasteiger partial charge in [-0.25, -0.2) is 0 Å². The van der Waals surface area contributed by atoms with E-state index in [0.29, 0.717) is 18.0 Å². The number of hydrogen-bond donors (Lipinski definition) is 2. The van der Waals surface area contributed by atoms with Crippen LogP contribution < -0.4 is 15.8 Å². The molecule has 0 heterocycles. The normalized spacial score (nSPS) is 22.1. The molecule has 26 heavy (non-hydrogen) atoms. The topological polar surface area (TPSA) is 84.7 Å². The van der Waals surface area contributed by atoms with Crippen LogP contribution >= 0.6 is 12.4 Å². The van der Waals surface area contributed by atoms with Gasteiger partial charge in [-0.15, -0.1) is 12.4 Å². The Labute approximate surface area is 161 Å². The molecule has 3 N–H and O–H groups in total. The van der Waals surface area contributed by atoms with Crippen LogP contribution in [0.4, 0.5) is 5.69 Å².